The molecule has 8 heteroatoms. The largest absolute Gasteiger partial charge is 0.493 e. The number of aromatic amines is 1. The molecule has 0 aliphatic carbocycles. The second-order valence-electron chi connectivity index (χ2n) is 8.80. The van der Waals surface area contributed by atoms with Crippen molar-refractivity contribution in [3.63, 3.8) is 0 Å². The summed E-state index contributed by atoms with van der Waals surface area (Å²) in [6, 6.07) is 15.3. The number of fused-ring (bicyclic) bond motifs is 1. The number of aryl methyl sites for hydroxylation is 2. The normalized spacial score (nSPS) is 11.3. The van der Waals surface area contributed by atoms with E-state index in [0.717, 1.165) is 49.0 Å². The summed E-state index contributed by atoms with van der Waals surface area (Å²) in [4.78, 5) is 20.3. The summed E-state index contributed by atoms with van der Waals surface area (Å²) in [5.41, 5.74) is 7.90. The van der Waals surface area contributed by atoms with Gasteiger partial charge in [-0.3, -0.25) is 4.79 Å². The van der Waals surface area contributed by atoms with Crippen LogP contribution < -0.4 is 14.8 Å². The summed E-state index contributed by atoms with van der Waals surface area (Å²) in [6.45, 7) is 7.83. The van der Waals surface area contributed by atoms with Crippen LogP contribution >= 0.6 is 15.9 Å². The van der Waals surface area contributed by atoms with Gasteiger partial charge in [0.05, 0.1) is 23.7 Å². The predicted octanol–water partition coefficient (Wildman–Crippen LogP) is 6.65. The quantitative estimate of drug-likeness (QED) is 0.247. The maximum atomic E-state index is 12.5. The molecule has 0 aliphatic heterocycles. The van der Waals surface area contributed by atoms with Gasteiger partial charge in [0.25, 0.3) is 5.91 Å². The Hall–Kier alpha value is -4.09. The zero-order valence-corrected chi connectivity index (χ0v) is 22.9. The first-order valence-electron chi connectivity index (χ1n) is 11.7. The van der Waals surface area contributed by atoms with Crippen molar-refractivity contribution in [2.24, 2.45) is 0 Å². The Morgan fingerprint density at radius 3 is 2.57 bits per heavy atom. The van der Waals surface area contributed by atoms with Crippen LogP contribution in [0.1, 0.15) is 33.6 Å². The second-order valence-corrected chi connectivity index (χ2v) is 9.66. The Labute approximate surface area is 224 Å². The summed E-state index contributed by atoms with van der Waals surface area (Å²) in [5, 5.41) is 12.7. The molecule has 1 aromatic heterocycles. The van der Waals surface area contributed by atoms with Crippen molar-refractivity contribution in [2.75, 3.05) is 19.0 Å². The second kappa shape index (κ2) is 10.9. The molecule has 0 saturated heterocycles. The number of aromatic nitrogens is 2. The number of hydrogen-bond donors (Lipinski definition) is 2. The molecule has 0 aliphatic rings. The number of nitrogens with one attached hydrogen (secondary N) is 2. The highest BCUT2D eigenvalue weighted by atomic mass is 79.9. The van der Waals surface area contributed by atoms with E-state index >= 15 is 0 Å². The molecule has 1 heterocycles. The van der Waals surface area contributed by atoms with Gasteiger partial charge in [-0.1, -0.05) is 22.0 Å². The van der Waals surface area contributed by atoms with Gasteiger partial charge in [0.2, 0.25) is 0 Å². The van der Waals surface area contributed by atoms with Crippen LogP contribution in [0.3, 0.4) is 0 Å². The molecule has 0 atom stereocenters. The molecule has 0 unspecified atom stereocenters. The number of nitriles is 1. The number of halogens is 1. The lowest BCUT2D eigenvalue weighted by atomic mass is 10.1. The molecule has 37 heavy (non-hydrogen) atoms. The van der Waals surface area contributed by atoms with Crippen LogP contribution in [0.4, 0.5) is 5.69 Å². The zero-order chi connectivity index (χ0) is 26.7. The number of imidazole rings is 1. The Balaban J connectivity index is 1.50. The van der Waals surface area contributed by atoms with Crippen LogP contribution in [0, 0.1) is 39.0 Å². The number of H-pyrrole nitrogens is 1. The minimum absolute atomic E-state index is 0.179. The van der Waals surface area contributed by atoms with Crippen LogP contribution in [-0.4, -0.2) is 29.6 Å². The van der Waals surface area contributed by atoms with E-state index in [2.05, 4.69) is 37.3 Å². The van der Waals surface area contributed by atoms with E-state index in [-0.39, 0.29) is 12.5 Å². The Morgan fingerprint density at radius 2 is 1.84 bits per heavy atom. The molecule has 0 fully saturated rings. The number of methoxy groups -OCH3 is 1. The summed E-state index contributed by atoms with van der Waals surface area (Å²) in [5.74, 6) is 1.09. The van der Waals surface area contributed by atoms with Gasteiger partial charge in [0, 0.05) is 10.2 Å². The Kier molecular flexibility index (Phi) is 7.65. The van der Waals surface area contributed by atoms with Gasteiger partial charge in [-0.05, 0) is 98.0 Å². The number of rotatable bonds is 7. The molecule has 3 aromatic carbocycles. The van der Waals surface area contributed by atoms with E-state index in [4.69, 9.17) is 9.47 Å². The van der Waals surface area contributed by atoms with Gasteiger partial charge < -0.3 is 19.8 Å². The molecule has 4 rings (SSSR count). The maximum Gasteiger partial charge on any atom is 0.262 e. The first-order valence-corrected chi connectivity index (χ1v) is 12.4. The van der Waals surface area contributed by atoms with E-state index < -0.39 is 0 Å². The van der Waals surface area contributed by atoms with Gasteiger partial charge in [-0.2, -0.15) is 5.26 Å². The van der Waals surface area contributed by atoms with Crippen LogP contribution in [0.25, 0.3) is 22.7 Å². The molecule has 0 spiro atoms. The molecular weight excluding hydrogens is 532 g/mol. The standard InChI is InChI=1S/C29H27BrN4O3/c1-16-10-24-25(11-17(16)2)34-29(33-24)21(14-31)12-20-6-9-26(27(13-20)36-5)37-15-28(35)32-23-8-7-22(30)18(3)19(23)4/h6-13H,15H2,1-5H3,(H,32,35)(H,33,34)/b21-12+. The predicted molar refractivity (Wildman–Crippen MR) is 150 cm³/mol. The van der Waals surface area contributed by atoms with E-state index in [1.54, 1.807) is 24.3 Å². The zero-order valence-electron chi connectivity index (χ0n) is 21.3. The number of carbonyl (C=O) groups excluding carboxylic acids is 1. The maximum absolute atomic E-state index is 12.5. The summed E-state index contributed by atoms with van der Waals surface area (Å²) < 4.78 is 12.2. The third-order valence-electron chi connectivity index (χ3n) is 6.33. The van der Waals surface area contributed by atoms with Crippen molar-refractivity contribution < 1.29 is 14.3 Å². The molecule has 188 valence electrons. The SMILES string of the molecule is COc1cc(/C=C(\C#N)c2nc3cc(C)c(C)cc3[nH]2)ccc1OCC(=O)Nc1ccc(Br)c(C)c1C. The lowest BCUT2D eigenvalue weighted by Gasteiger charge is -2.14. The number of anilines is 1. The first-order chi connectivity index (χ1) is 17.7. The Bertz CT molecular complexity index is 1540. The minimum atomic E-state index is -0.280. The van der Waals surface area contributed by atoms with Gasteiger partial charge in [0.1, 0.15) is 11.9 Å². The number of benzene rings is 3. The van der Waals surface area contributed by atoms with Crippen LogP contribution in [0.2, 0.25) is 0 Å². The smallest absolute Gasteiger partial charge is 0.262 e. The van der Waals surface area contributed by atoms with E-state index in [1.165, 1.54) is 7.11 Å². The lowest BCUT2D eigenvalue weighted by molar-refractivity contribution is -0.118. The molecule has 7 nitrogen and oxygen atoms in total. The minimum Gasteiger partial charge on any atom is -0.493 e. The average Bonchev–Trinajstić information content (AvgIpc) is 3.29. The molecule has 1 amide bonds. The molecule has 0 bridgehead atoms. The Morgan fingerprint density at radius 1 is 1.08 bits per heavy atom. The molecular formula is C29H27BrN4O3. The van der Waals surface area contributed by atoms with Crippen LogP contribution in [-0.2, 0) is 4.79 Å². The van der Waals surface area contributed by atoms with Crippen LogP contribution in [0.5, 0.6) is 11.5 Å². The number of nitrogens with zero attached hydrogens (tertiary/aromatic N) is 2. The molecule has 0 radical (unpaired) electrons. The van der Waals surface area contributed by atoms with E-state index in [9.17, 15) is 10.1 Å². The summed E-state index contributed by atoms with van der Waals surface area (Å²) >= 11 is 3.50. The van der Waals surface area contributed by atoms with Crippen LogP contribution in [0.15, 0.2) is 46.9 Å². The number of ether oxygens (including phenoxy) is 2. The number of amides is 1. The lowest BCUT2D eigenvalue weighted by Crippen LogP contribution is -2.21. The van der Waals surface area contributed by atoms with Gasteiger partial charge in [0.15, 0.2) is 18.1 Å². The topological polar surface area (TPSA) is 100 Å². The van der Waals surface area contributed by atoms with E-state index in [1.807, 2.05) is 52.0 Å². The third kappa shape index (κ3) is 5.68. The molecule has 0 saturated carbocycles. The number of hydrogen-bond acceptors (Lipinski definition) is 5. The van der Waals surface area contributed by atoms with E-state index in [0.29, 0.717) is 22.9 Å². The van der Waals surface area contributed by atoms with Gasteiger partial charge in [-0.25, -0.2) is 4.98 Å². The van der Waals surface area contributed by atoms with Crippen molar-refractivity contribution >= 4 is 50.2 Å². The summed E-state index contributed by atoms with van der Waals surface area (Å²) in [7, 11) is 1.53. The highest BCUT2D eigenvalue weighted by Crippen LogP contribution is 2.30. The molecule has 2 N–H and O–H groups in total. The van der Waals surface area contributed by atoms with Crippen molar-refractivity contribution in [1.29, 1.82) is 5.26 Å². The van der Waals surface area contributed by atoms with Gasteiger partial charge in [-0.15, -0.1) is 0 Å². The third-order valence-corrected chi connectivity index (χ3v) is 7.18. The fourth-order valence-electron chi connectivity index (χ4n) is 3.86. The fourth-order valence-corrected chi connectivity index (χ4v) is 4.29. The van der Waals surface area contributed by atoms with Crippen molar-refractivity contribution in [2.45, 2.75) is 27.7 Å². The molecule has 4 aromatic rings. The van der Waals surface area contributed by atoms with Gasteiger partial charge >= 0.3 is 0 Å². The highest BCUT2D eigenvalue weighted by Gasteiger charge is 2.13. The number of carbonyl (C=O) groups is 1. The monoisotopic (exact) mass is 558 g/mol. The van der Waals surface area contributed by atoms with Crippen molar-refractivity contribution in [3.8, 4) is 17.6 Å². The highest BCUT2D eigenvalue weighted by molar-refractivity contribution is 9.10. The van der Waals surface area contributed by atoms with Crippen molar-refractivity contribution in [3.05, 3.63) is 80.6 Å². The first kappa shape index (κ1) is 26.0. The summed E-state index contributed by atoms with van der Waals surface area (Å²) in [6.07, 6.45) is 1.73. The number of allylic oxidation sites excluding steroid dienone is 1. The fraction of sp³-hybridized carbons (Fsp3) is 0.207. The average molecular weight is 559 g/mol. The van der Waals surface area contributed by atoms with Crippen molar-refractivity contribution in [1.82, 2.24) is 9.97 Å².